The van der Waals surface area contributed by atoms with Crippen molar-refractivity contribution in [2.75, 3.05) is 26.7 Å². The van der Waals surface area contributed by atoms with E-state index in [0.29, 0.717) is 0 Å². The van der Waals surface area contributed by atoms with Gasteiger partial charge in [-0.05, 0) is 39.8 Å². The lowest BCUT2D eigenvalue weighted by Gasteiger charge is -2.29. The van der Waals surface area contributed by atoms with E-state index in [1.807, 2.05) is 7.05 Å². The Labute approximate surface area is 90.2 Å². The number of carbonyl (C=O) groups excluding carboxylic acids is 2. The number of rotatable bonds is 2. The molecule has 15 heavy (non-hydrogen) atoms. The number of Topliss-reactive ketones (excluding diaryl/α,β-unsaturated/α-hetero) is 1. The van der Waals surface area contributed by atoms with Crippen LogP contribution in [-0.4, -0.2) is 53.7 Å². The molecule has 1 amide bonds. The molecular formula is C11H18N2O2. The van der Waals surface area contributed by atoms with E-state index in [1.165, 1.54) is 6.92 Å². The molecule has 2 saturated heterocycles. The van der Waals surface area contributed by atoms with Crippen molar-refractivity contribution in [3.8, 4) is 0 Å². The van der Waals surface area contributed by atoms with Gasteiger partial charge in [0.05, 0.1) is 6.54 Å². The number of ketones is 1. The minimum atomic E-state index is -0.268. The molecule has 2 heterocycles. The van der Waals surface area contributed by atoms with Crippen LogP contribution in [0.3, 0.4) is 0 Å². The van der Waals surface area contributed by atoms with Crippen LogP contribution in [0.4, 0.5) is 0 Å². The molecule has 2 rings (SSSR count). The quantitative estimate of drug-likeness (QED) is 0.657. The van der Waals surface area contributed by atoms with E-state index in [-0.39, 0.29) is 23.8 Å². The molecular weight excluding hydrogens is 192 g/mol. The zero-order chi connectivity index (χ0) is 11.1. The predicted octanol–water partition coefficient (Wildman–Crippen LogP) is 0.272. The summed E-state index contributed by atoms with van der Waals surface area (Å²) in [5, 5.41) is 0. The van der Waals surface area contributed by atoms with E-state index in [0.717, 1.165) is 32.4 Å². The topological polar surface area (TPSA) is 40.6 Å². The standard InChI is InChI=1S/C11H18N2O2/c1-9(14)8-13-7-5-11(10(13)15)4-3-6-12(11)2/h3-8H2,1-2H3/t11-/m1/s1. The van der Waals surface area contributed by atoms with Gasteiger partial charge < -0.3 is 4.90 Å². The highest BCUT2D eigenvalue weighted by atomic mass is 16.2. The smallest absolute Gasteiger partial charge is 0.243 e. The molecule has 1 spiro atoms. The molecule has 4 heteroatoms. The minimum absolute atomic E-state index is 0.0704. The van der Waals surface area contributed by atoms with Crippen molar-refractivity contribution in [3.63, 3.8) is 0 Å². The summed E-state index contributed by atoms with van der Waals surface area (Å²) in [6, 6.07) is 0. The van der Waals surface area contributed by atoms with Crippen molar-refractivity contribution >= 4 is 11.7 Å². The molecule has 84 valence electrons. The molecule has 0 aromatic heterocycles. The number of likely N-dealkylation sites (N-methyl/N-ethyl adjacent to an activating group) is 1. The largest absolute Gasteiger partial charge is 0.334 e. The summed E-state index contributed by atoms with van der Waals surface area (Å²) in [5.74, 6) is 0.235. The van der Waals surface area contributed by atoms with Crippen LogP contribution in [0.2, 0.25) is 0 Å². The normalized spacial score (nSPS) is 31.9. The Kier molecular flexibility index (Phi) is 2.54. The fourth-order valence-electron chi connectivity index (χ4n) is 2.84. The third-order valence-corrected chi connectivity index (χ3v) is 3.71. The van der Waals surface area contributed by atoms with Gasteiger partial charge in [-0.15, -0.1) is 0 Å². The fraction of sp³-hybridized carbons (Fsp3) is 0.818. The van der Waals surface area contributed by atoms with E-state index in [9.17, 15) is 9.59 Å². The Morgan fingerprint density at radius 3 is 2.67 bits per heavy atom. The first kappa shape index (κ1) is 10.6. The SMILES string of the molecule is CC(=O)CN1CC[C@]2(CCCN2C)C1=O. The maximum Gasteiger partial charge on any atom is 0.243 e. The molecule has 4 nitrogen and oxygen atoms in total. The minimum Gasteiger partial charge on any atom is -0.334 e. The van der Waals surface area contributed by atoms with Crippen molar-refractivity contribution in [2.24, 2.45) is 0 Å². The van der Waals surface area contributed by atoms with Gasteiger partial charge in [0, 0.05) is 6.54 Å². The summed E-state index contributed by atoms with van der Waals surface area (Å²) in [4.78, 5) is 27.1. The van der Waals surface area contributed by atoms with E-state index >= 15 is 0 Å². The van der Waals surface area contributed by atoms with Crippen molar-refractivity contribution in [1.82, 2.24) is 9.80 Å². The fourth-order valence-corrected chi connectivity index (χ4v) is 2.84. The molecule has 2 aliphatic heterocycles. The van der Waals surface area contributed by atoms with Gasteiger partial charge in [0.15, 0.2) is 0 Å². The maximum atomic E-state index is 12.2. The van der Waals surface area contributed by atoms with Crippen LogP contribution in [0.15, 0.2) is 0 Å². The second-order valence-corrected chi connectivity index (χ2v) is 4.74. The molecule has 0 unspecified atom stereocenters. The highest BCUT2D eigenvalue weighted by Gasteiger charge is 2.51. The summed E-state index contributed by atoms with van der Waals surface area (Å²) in [6.45, 7) is 3.56. The Balaban J connectivity index is 2.12. The van der Waals surface area contributed by atoms with E-state index in [1.54, 1.807) is 4.90 Å². The molecule has 1 atom stereocenters. The summed E-state index contributed by atoms with van der Waals surface area (Å²) < 4.78 is 0. The maximum absolute atomic E-state index is 12.2. The predicted molar refractivity (Wildman–Crippen MR) is 56.5 cm³/mol. The molecule has 0 aromatic rings. The molecule has 0 aromatic carbocycles. The number of carbonyl (C=O) groups is 2. The second-order valence-electron chi connectivity index (χ2n) is 4.74. The zero-order valence-corrected chi connectivity index (χ0v) is 9.45. The van der Waals surface area contributed by atoms with Crippen LogP contribution < -0.4 is 0 Å². The second kappa shape index (κ2) is 3.59. The van der Waals surface area contributed by atoms with Gasteiger partial charge >= 0.3 is 0 Å². The van der Waals surface area contributed by atoms with Gasteiger partial charge in [0.2, 0.25) is 5.91 Å². The number of likely N-dealkylation sites (tertiary alicyclic amines) is 2. The van der Waals surface area contributed by atoms with Crippen LogP contribution in [0.5, 0.6) is 0 Å². The number of hydrogen-bond acceptors (Lipinski definition) is 3. The van der Waals surface area contributed by atoms with Gasteiger partial charge in [-0.3, -0.25) is 14.5 Å². The van der Waals surface area contributed by atoms with Gasteiger partial charge in [0.1, 0.15) is 11.3 Å². The highest BCUT2D eigenvalue weighted by molar-refractivity contribution is 5.92. The molecule has 0 aliphatic carbocycles. The first-order chi connectivity index (χ1) is 7.06. The monoisotopic (exact) mass is 210 g/mol. The Morgan fingerprint density at radius 2 is 2.13 bits per heavy atom. The molecule has 0 N–H and O–H groups in total. The van der Waals surface area contributed by atoms with E-state index in [4.69, 9.17) is 0 Å². The first-order valence-electron chi connectivity index (χ1n) is 5.56. The first-order valence-corrected chi connectivity index (χ1v) is 5.56. The van der Waals surface area contributed by atoms with Gasteiger partial charge in [-0.1, -0.05) is 0 Å². The summed E-state index contributed by atoms with van der Waals surface area (Å²) >= 11 is 0. The average molecular weight is 210 g/mol. The number of nitrogens with zero attached hydrogens (tertiary/aromatic N) is 2. The molecule has 0 radical (unpaired) electrons. The lowest BCUT2D eigenvalue weighted by Crippen LogP contribution is -2.49. The van der Waals surface area contributed by atoms with Gasteiger partial charge in [-0.2, -0.15) is 0 Å². The van der Waals surface area contributed by atoms with E-state index < -0.39 is 0 Å². The summed E-state index contributed by atoms with van der Waals surface area (Å²) in [6.07, 6.45) is 2.93. The Hall–Kier alpha value is -0.900. The molecule has 2 fully saturated rings. The van der Waals surface area contributed by atoms with Crippen LogP contribution >= 0.6 is 0 Å². The van der Waals surface area contributed by atoms with Crippen LogP contribution in [0.25, 0.3) is 0 Å². The zero-order valence-electron chi connectivity index (χ0n) is 9.45. The third-order valence-electron chi connectivity index (χ3n) is 3.71. The molecule has 0 saturated carbocycles. The van der Waals surface area contributed by atoms with Crippen LogP contribution in [0, 0.1) is 0 Å². The van der Waals surface area contributed by atoms with Crippen LogP contribution in [-0.2, 0) is 9.59 Å². The highest BCUT2D eigenvalue weighted by Crippen LogP contribution is 2.37. The van der Waals surface area contributed by atoms with Crippen molar-refractivity contribution in [2.45, 2.75) is 31.7 Å². The Bertz CT molecular complexity index is 303. The van der Waals surface area contributed by atoms with Crippen LogP contribution in [0.1, 0.15) is 26.2 Å². The lowest BCUT2D eigenvalue weighted by atomic mass is 9.95. The summed E-state index contributed by atoms with van der Waals surface area (Å²) in [7, 11) is 2.02. The summed E-state index contributed by atoms with van der Waals surface area (Å²) in [5.41, 5.74) is -0.268. The molecule has 0 bridgehead atoms. The Morgan fingerprint density at radius 1 is 1.40 bits per heavy atom. The lowest BCUT2D eigenvalue weighted by molar-refractivity contribution is -0.138. The average Bonchev–Trinajstić information content (AvgIpc) is 2.66. The number of amides is 1. The number of hydrogen-bond donors (Lipinski definition) is 0. The van der Waals surface area contributed by atoms with Crippen molar-refractivity contribution < 1.29 is 9.59 Å². The van der Waals surface area contributed by atoms with Gasteiger partial charge in [0.25, 0.3) is 0 Å². The van der Waals surface area contributed by atoms with E-state index in [2.05, 4.69) is 4.90 Å². The third kappa shape index (κ3) is 1.57. The van der Waals surface area contributed by atoms with Crippen molar-refractivity contribution in [3.05, 3.63) is 0 Å². The van der Waals surface area contributed by atoms with Gasteiger partial charge in [-0.25, -0.2) is 0 Å². The molecule has 2 aliphatic rings. The van der Waals surface area contributed by atoms with Crippen molar-refractivity contribution in [1.29, 1.82) is 0 Å².